The summed E-state index contributed by atoms with van der Waals surface area (Å²) in [6.07, 6.45) is 1.38. The average molecular weight is 396 g/mol. The minimum atomic E-state index is 0.159. The number of carbonyl (C=O) groups excluding carboxylic acids is 1. The molecule has 6 nitrogen and oxygen atoms in total. The molecule has 1 amide bonds. The molecule has 2 aromatic carbocycles. The molecule has 6 heteroatoms. The maximum atomic E-state index is 12.7. The fourth-order valence-corrected chi connectivity index (χ4v) is 4.03. The molecule has 0 atom stereocenters. The molecule has 2 heterocycles. The topological polar surface area (TPSA) is 51.2 Å². The van der Waals surface area contributed by atoms with Gasteiger partial charge in [0.2, 0.25) is 5.91 Å². The molecule has 0 N–H and O–H groups in total. The summed E-state index contributed by atoms with van der Waals surface area (Å²) in [6.45, 7) is 5.03. The van der Waals surface area contributed by atoms with Gasteiger partial charge in [-0.3, -0.25) is 9.69 Å². The minimum Gasteiger partial charge on any atom is -0.493 e. The molecule has 1 saturated heterocycles. The van der Waals surface area contributed by atoms with Crippen LogP contribution in [0.3, 0.4) is 0 Å². The molecule has 0 spiro atoms. The Kier molecular flexibility index (Phi) is 5.90. The summed E-state index contributed by atoms with van der Waals surface area (Å²) in [6, 6.07) is 12.1. The van der Waals surface area contributed by atoms with Crippen LogP contribution in [0.15, 0.2) is 36.4 Å². The van der Waals surface area contributed by atoms with Crippen molar-refractivity contribution in [3.63, 3.8) is 0 Å². The maximum absolute atomic E-state index is 12.7. The third-order valence-corrected chi connectivity index (χ3v) is 5.69. The van der Waals surface area contributed by atoms with Crippen LogP contribution in [-0.4, -0.2) is 62.7 Å². The number of ether oxygens (including phenoxy) is 3. The van der Waals surface area contributed by atoms with Crippen molar-refractivity contribution in [2.24, 2.45) is 0 Å². The first-order chi connectivity index (χ1) is 14.2. The third-order valence-electron chi connectivity index (χ3n) is 5.69. The number of carbonyl (C=O) groups is 1. The molecule has 0 saturated carbocycles. The summed E-state index contributed by atoms with van der Waals surface area (Å²) in [4.78, 5) is 17.1. The van der Waals surface area contributed by atoms with Crippen molar-refractivity contribution in [3.8, 4) is 17.2 Å². The number of nitrogens with zero attached hydrogens (tertiary/aromatic N) is 2. The summed E-state index contributed by atoms with van der Waals surface area (Å²) in [5.74, 6) is 2.52. The summed E-state index contributed by atoms with van der Waals surface area (Å²) in [7, 11) is 3.22. The normalized spacial score (nSPS) is 16.3. The molecular formula is C23H28N2O4. The van der Waals surface area contributed by atoms with Gasteiger partial charge in [0.25, 0.3) is 0 Å². The Morgan fingerprint density at radius 1 is 0.966 bits per heavy atom. The second-order valence-corrected chi connectivity index (χ2v) is 7.56. The number of methoxy groups -OCH3 is 2. The van der Waals surface area contributed by atoms with E-state index < -0.39 is 0 Å². The van der Waals surface area contributed by atoms with E-state index in [9.17, 15) is 4.79 Å². The van der Waals surface area contributed by atoms with Gasteiger partial charge in [-0.05, 0) is 34.9 Å². The van der Waals surface area contributed by atoms with Crippen LogP contribution in [0.1, 0.15) is 16.7 Å². The number of piperazine rings is 1. The lowest BCUT2D eigenvalue weighted by atomic mass is 10.1. The standard InChI is InChI=1S/C23H28N2O4/c1-27-21-6-3-17(14-22(21)28-2)15-23(26)25-10-8-24(9-11-25)16-18-4-5-20-19(13-18)7-12-29-20/h3-6,13-14H,7-12,15-16H2,1-2H3. The molecule has 2 aliphatic rings. The maximum Gasteiger partial charge on any atom is 0.227 e. The fourth-order valence-electron chi connectivity index (χ4n) is 4.03. The Hall–Kier alpha value is -2.73. The van der Waals surface area contributed by atoms with Crippen LogP contribution < -0.4 is 14.2 Å². The Balaban J connectivity index is 1.29. The highest BCUT2D eigenvalue weighted by Crippen LogP contribution is 2.28. The van der Waals surface area contributed by atoms with Gasteiger partial charge in [-0.15, -0.1) is 0 Å². The predicted molar refractivity (Wildman–Crippen MR) is 111 cm³/mol. The molecule has 154 valence electrons. The van der Waals surface area contributed by atoms with Gasteiger partial charge in [-0.2, -0.15) is 0 Å². The van der Waals surface area contributed by atoms with E-state index in [1.807, 2.05) is 23.1 Å². The third kappa shape index (κ3) is 4.48. The van der Waals surface area contributed by atoms with Crippen molar-refractivity contribution in [2.75, 3.05) is 47.0 Å². The van der Waals surface area contributed by atoms with Crippen LogP contribution in [-0.2, 0) is 24.2 Å². The Labute approximate surface area is 172 Å². The van der Waals surface area contributed by atoms with Gasteiger partial charge in [0.15, 0.2) is 11.5 Å². The van der Waals surface area contributed by atoms with Gasteiger partial charge in [-0.1, -0.05) is 18.2 Å². The SMILES string of the molecule is COc1ccc(CC(=O)N2CCN(Cc3ccc4c(c3)CCO4)CC2)cc1OC. The van der Waals surface area contributed by atoms with E-state index in [0.717, 1.165) is 57.1 Å². The number of fused-ring (bicyclic) bond motifs is 1. The van der Waals surface area contributed by atoms with Gasteiger partial charge < -0.3 is 19.1 Å². The van der Waals surface area contributed by atoms with Crippen LogP contribution in [0.5, 0.6) is 17.2 Å². The van der Waals surface area contributed by atoms with Crippen molar-refractivity contribution in [1.29, 1.82) is 0 Å². The first-order valence-electron chi connectivity index (χ1n) is 10.1. The number of hydrogen-bond acceptors (Lipinski definition) is 5. The molecule has 0 aromatic heterocycles. The van der Waals surface area contributed by atoms with Crippen LogP contribution in [0.2, 0.25) is 0 Å². The van der Waals surface area contributed by atoms with Crippen molar-refractivity contribution in [3.05, 3.63) is 53.1 Å². The molecule has 29 heavy (non-hydrogen) atoms. The fraction of sp³-hybridized carbons (Fsp3) is 0.435. The molecule has 0 unspecified atom stereocenters. The quantitative estimate of drug-likeness (QED) is 0.751. The van der Waals surface area contributed by atoms with E-state index in [1.165, 1.54) is 11.1 Å². The van der Waals surface area contributed by atoms with Gasteiger partial charge in [0.05, 0.1) is 27.2 Å². The van der Waals surface area contributed by atoms with E-state index in [2.05, 4.69) is 23.1 Å². The zero-order valence-corrected chi connectivity index (χ0v) is 17.1. The first kappa shape index (κ1) is 19.6. The number of amides is 1. The molecule has 1 fully saturated rings. The number of rotatable bonds is 6. The second kappa shape index (κ2) is 8.74. The van der Waals surface area contributed by atoms with E-state index in [4.69, 9.17) is 14.2 Å². The lowest BCUT2D eigenvalue weighted by Crippen LogP contribution is -2.48. The van der Waals surface area contributed by atoms with Crippen LogP contribution >= 0.6 is 0 Å². The number of benzene rings is 2. The zero-order valence-electron chi connectivity index (χ0n) is 17.1. The van der Waals surface area contributed by atoms with Gasteiger partial charge >= 0.3 is 0 Å². The molecule has 2 aromatic rings. The lowest BCUT2D eigenvalue weighted by molar-refractivity contribution is -0.132. The largest absolute Gasteiger partial charge is 0.493 e. The van der Waals surface area contributed by atoms with Crippen LogP contribution in [0, 0.1) is 0 Å². The Bertz CT molecular complexity index is 875. The van der Waals surface area contributed by atoms with Crippen molar-refractivity contribution >= 4 is 5.91 Å². The smallest absolute Gasteiger partial charge is 0.227 e. The van der Waals surface area contributed by atoms with Gasteiger partial charge in [0, 0.05) is 39.1 Å². The van der Waals surface area contributed by atoms with E-state index in [1.54, 1.807) is 14.2 Å². The zero-order chi connectivity index (χ0) is 20.2. The molecule has 0 bridgehead atoms. The first-order valence-corrected chi connectivity index (χ1v) is 10.1. The summed E-state index contributed by atoms with van der Waals surface area (Å²) >= 11 is 0. The molecular weight excluding hydrogens is 368 g/mol. The molecule has 0 radical (unpaired) electrons. The number of hydrogen-bond donors (Lipinski definition) is 0. The minimum absolute atomic E-state index is 0.159. The molecule has 0 aliphatic carbocycles. The van der Waals surface area contributed by atoms with E-state index >= 15 is 0 Å². The predicted octanol–water partition coefficient (Wildman–Crippen LogP) is 2.53. The summed E-state index contributed by atoms with van der Waals surface area (Å²) in [5.41, 5.74) is 3.57. The van der Waals surface area contributed by atoms with Crippen molar-refractivity contribution in [1.82, 2.24) is 9.80 Å². The highest BCUT2D eigenvalue weighted by Gasteiger charge is 2.22. The monoisotopic (exact) mass is 396 g/mol. The molecule has 4 rings (SSSR count). The van der Waals surface area contributed by atoms with Crippen LogP contribution in [0.25, 0.3) is 0 Å². The lowest BCUT2D eigenvalue weighted by Gasteiger charge is -2.35. The van der Waals surface area contributed by atoms with Gasteiger partial charge in [-0.25, -0.2) is 0 Å². The van der Waals surface area contributed by atoms with Crippen LogP contribution in [0.4, 0.5) is 0 Å². The highest BCUT2D eigenvalue weighted by atomic mass is 16.5. The van der Waals surface area contributed by atoms with E-state index in [-0.39, 0.29) is 5.91 Å². The van der Waals surface area contributed by atoms with Crippen molar-refractivity contribution < 1.29 is 19.0 Å². The summed E-state index contributed by atoms with van der Waals surface area (Å²) < 4.78 is 16.2. The van der Waals surface area contributed by atoms with Gasteiger partial charge in [0.1, 0.15) is 5.75 Å². The molecule has 2 aliphatic heterocycles. The highest BCUT2D eigenvalue weighted by molar-refractivity contribution is 5.79. The van der Waals surface area contributed by atoms with E-state index in [0.29, 0.717) is 17.9 Å². The summed E-state index contributed by atoms with van der Waals surface area (Å²) in [5, 5.41) is 0. The second-order valence-electron chi connectivity index (χ2n) is 7.56. The Morgan fingerprint density at radius 3 is 2.48 bits per heavy atom. The Morgan fingerprint density at radius 2 is 1.72 bits per heavy atom. The average Bonchev–Trinajstić information content (AvgIpc) is 3.22. The van der Waals surface area contributed by atoms with Crippen molar-refractivity contribution in [2.45, 2.75) is 19.4 Å².